The fourth-order valence-corrected chi connectivity index (χ4v) is 4.02. The highest BCUT2D eigenvalue weighted by Gasteiger charge is 2.27. The fourth-order valence-electron chi connectivity index (χ4n) is 3.21. The molecule has 6 heteroatoms. The Morgan fingerprint density at radius 3 is 2.72 bits per heavy atom. The first-order valence-electron chi connectivity index (χ1n) is 8.57. The first-order valence-corrected chi connectivity index (χ1v) is 9.45. The van der Waals surface area contributed by atoms with Gasteiger partial charge in [-0.2, -0.15) is 0 Å². The van der Waals surface area contributed by atoms with E-state index in [1.54, 1.807) is 29.5 Å². The van der Waals surface area contributed by atoms with Gasteiger partial charge in [-0.3, -0.25) is 9.69 Å². The maximum Gasteiger partial charge on any atom is 0.234 e. The van der Waals surface area contributed by atoms with Gasteiger partial charge in [-0.05, 0) is 49.4 Å². The molecule has 1 saturated heterocycles. The maximum atomic E-state index is 13.5. The Labute approximate surface area is 151 Å². The first-order chi connectivity index (χ1) is 12.1. The smallest absolute Gasteiger partial charge is 0.234 e. The van der Waals surface area contributed by atoms with E-state index in [2.05, 4.69) is 10.2 Å². The van der Waals surface area contributed by atoms with Crippen LogP contribution in [0.4, 0.5) is 4.39 Å². The van der Waals surface area contributed by atoms with Gasteiger partial charge in [0.15, 0.2) is 0 Å². The standard InChI is InChI=1S/C19H23FN2O2S/c20-16-5-2-1-4-15(16)12-21-18(23)13-22-9-7-14(8-10-22)19(24)17-6-3-11-25-17/h1-6,11,14,19,24H,7-10,12-13H2,(H,21,23). The molecule has 1 aliphatic rings. The van der Waals surface area contributed by atoms with Crippen LogP contribution in [0.2, 0.25) is 0 Å². The number of halogens is 1. The van der Waals surface area contributed by atoms with Crippen LogP contribution in [-0.2, 0) is 11.3 Å². The van der Waals surface area contributed by atoms with E-state index in [-0.39, 0.29) is 24.2 Å². The zero-order valence-corrected chi connectivity index (χ0v) is 14.8. The average molecular weight is 362 g/mol. The molecule has 1 unspecified atom stereocenters. The summed E-state index contributed by atoms with van der Waals surface area (Å²) >= 11 is 1.58. The van der Waals surface area contributed by atoms with Crippen molar-refractivity contribution >= 4 is 17.2 Å². The highest BCUT2D eigenvalue weighted by atomic mass is 32.1. The highest BCUT2D eigenvalue weighted by Crippen LogP contribution is 2.32. The number of piperidine rings is 1. The minimum absolute atomic E-state index is 0.0968. The van der Waals surface area contributed by atoms with Gasteiger partial charge in [-0.15, -0.1) is 11.3 Å². The zero-order valence-electron chi connectivity index (χ0n) is 14.0. The largest absolute Gasteiger partial charge is 0.387 e. The van der Waals surface area contributed by atoms with Crippen LogP contribution in [0.5, 0.6) is 0 Å². The number of nitrogens with one attached hydrogen (secondary N) is 1. The molecule has 4 nitrogen and oxygen atoms in total. The Hall–Kier alpha value is -1.76. The summed E-state index contributed by atoms with van der Waals surface area (Å²) in [6, 6.07) is 10.4. The van der Waals surface area contributed by atoms with Gasteiger partial charge in [-0.25, -0.2) is 4.39 Å². The van der Waals surface area contributed by atoms with Gasteiger partial charge in [0.1, 0.15) is 5.82 Å². The topological polar surface area (TPSA) is 52.6 Å². The highest BCUT2D eigenvalue weighted by molar-refractivity contribution is 7.10. The summed E-state index contributed by atoms with van der Waals surface area (Å²) in [6.45, 7) is 2.11. The molecule has 2 N–H and O–H groups in total. The molecule has 25 heavy (non-hydrogen) atoms. The van der Waals surface area contributed by atoms with Gasteiger partial charge < -0.3 is 10.4 Å². The number of hydrogen-bond donors (Lipinski definition) is 2. The van der Waals surface area contributed by atoms with Crippen LogP contribution >= 0.6 is 11.3 Å². The number of rotatable bonds is 6. The molecule has 0 bridgehead atoms. The van der Waals surface area contributed by atoms with Crippen LogP contribution in [0.1, 0.15) is 29.4 Å². The Balaban J connectivity index is 1.41. The normalized spacial score (nSPS) is 17.4. The predicted molar refractivity (Wildman–Crippen MR) is 96.7 cm³/mol. The Kier molecular flexibility index (Phi) is 6.18. The van der Waals surface area contributed by atoms with E-state index in [1.165, 1.54) is 6.07 Å². The number of benzene rings is 1. The lowest BCUT2D eigenvalue weighted by Gasteiger charge is -2.33. The lowest BCUT2D eigenvalue weighted by atomic mass is 9.90. The fraction of sp³-hybridized carbons (Fsp3) is 0.421. The van der Waals surface area contributed by atoms with Gasteiger partial charge in [0.2, 0.25) is 5.91 Å². The van der Waals surface area contributed by atoms with E-state index in [1.807, 2.05) is 17.5 Å². The van der Waals surface area contributed by atoms with Crippen LogP contribution in [0, 0.1) is 11.7 Å². The van der Waals surface area contributed by atoms with Crippen molar-refractivity contribution in [2.45, 2.75) is 25.5 Å². The van der Waals surface area contributed by atoms with E-state index in [4.69, 9.17) is 0 Å². The molecule has 0 spiro atoms. The van der Waals surface area contributed by atoms with Gasteiger partial charge in [0.25, 0.3) is 0 Å². The number of nitrogens with zero attached hydrogens (tertiary/aromatic N) is 1. The Morgan fingerprint density at radius 2 is 2.04 bits per heavy atom. The number of hydrogen-bond acceptors (Lipinski definition) is 4. The van der Waals surface area contributed by atoms with E-state index in [0.717, 1.165) is 30.8 Å². The molecule has 1 amide bonds. The van der Waals surface area contributed by atoms with Crippen LogP contribution in [0.15, 0.2) is 41.8 Å². The molecule has 0 saturated carbocycles. The van der Waals surface area contributed by atoms with Gasteiger partial charge in [-0.1, -0.05) is 24.3 Å². The quantitative estimate of drug-likeness (QED) is 0.831. The molecule has 1 aromatic heterocycles. The van der Waals surface area contributed by atoms with Crippen LogP contribution in [0.25, 0.3) is 0 Å². The molecule has 1 atom stereocenters. The number of carbonyl (C=O) groups is 1. The summed E-state index contributed by atoms with van der Waals surface area (Å²) in [5.41, 5.74) is 0.494. The van der Waals surface area contributed by atoms with Crippen molar-refractivity contribution in [2.75, 3.05) is 19.6 Å². The third kappa shape index (κ3) is 4.87. The Morgan fingerprint density at radius 1 is 1.28 bits per heavy atom. The molecule has 1 aromatic carbocycles. The van der Waals surface area contributed by atoms with E-state index >= 15 is 0 Å². The van der Waals surface area contributed by atoms with Gasteiger partial charge in [0, 0.05) is 17.0 Å². The minimum atomic E-state index is -0.406. The maximum absolute atomic E-state index is 13.5. The number of amides is 1. The third-order valence-electron chi connectivity index (χ3n) is 4.71. The summed E-state index contributed by atoms with van der Waals surface area (Å²) in [6.07, 6.45) is 1.34. The molecule has 2 heterocycles. The Bertz CT molecular complexity index is 684. The molecule has 1 fully saturated rings. The SMILES string of the molecule is O=C(CN1CCC(C(O)c2cccs2)CC1)NCc1ccccc1F. The van der Waals surface area contributed by atoms with Crippen molar-refractivity contribution < 1.29 is 14.3 Å². The molecule has 3 rings (SSSR count). The van der Waals surface area contributed by atoms with Crippen molar-refractivity contribution in [2.24, 2.45) is 5.92 Å². The molecule has 2 aromatic rings. The van der Waals surface area contributed by atoms with E-state index < -0.39 is 6.10 Å². The van der Waals surface area contributed by atoms with Crippen molar-refractivity contribution in [1.29, 1.82) is 0 Å². The van der Waals surface area contributed by atoms with Crippen LogP contribution in [-0.4, -0.2) is 35.5 Å². The minimum Gasteiger partial charge on any atom is -0.387 e. The molecular formula is C19H23FN2O2S. The van der Waals surface area contributed by atoms with Gasteiger partial charge >= 0.3 is 0 Å². The number of aliphatic hydroxyl groups excluding tert-OH is 1. The molecule has 0 radical (unpaired) electrons. The van der Waals surface area contributed by atoms with Crippen molar-refractivity contribution in [1.82, 2.24) is 10.2 Å². The predicted octanol–water partition coefficient (Wildman–Crippen LogP) is 2.95. The summed E-state index contributed by atoms with van der Waals surface area (Å²) in [5.74, 6) is -0.150. The molecule has 1 aliphatic heterocycles. The number of aliphatic hydroxyl groups is 1. The second-order valence-electron chi connectivity index (χ2n) is 6.44. The summed E-state index contributed by atoms with van der Waals surface area (Å²) < 4.78 is 13.5. The first kappa shape index (κ1) is 18.0. The summed E-state index contributed by atoms with van der Waals surface area (Å²) in [4.78, 5) is 15.2. The average Bonchev–Trinajstić information content (AvgIpc) is 3.16. The summed E-state index contributed by atoms with van der Waals surface area (Å²) in [7, 11) is 0. The van der Waals surface area contributed by atoms with Crippen molar-refractivity contribution in [3.05, 3.63) is 58.0 Å². The third-order valence-corrected chi connectivity index (χ3v) is 5.66. The lowest BCUT2D eigenvalue weighted by molar-refractivity contribution is -0.122. The zero-order chi connectivity index (χ0) is 17.6. The van der Waals surface area contributed by atoms with Crippen molar-refractivity contribution in [3.63, 3.8) is 0 Å². The summed E-state index contributed by atoms with van der Waals surface area (Å²) in [5, 5.41) is 15.2. The monoisotopic (exact) mass is 362 g/mol. The van der Waals surface area contributed by atoms with Crippen molar-refractivity contribution in [3.8, 4) is 0 Å². The molecular weight excluding hydrogens is 339 g/mol. The van der Waals surface area contributed by atoms with E-state index in [0.29, 0.717) is 12.1 Å². The number of thiophene rings is 1. The van der Waals surface area contributed by atoms with Crippen LogP contribution in [0.3, 0.4) is 0 Å². The molecule has 0 aliphatic carbocycles. The second kappa shape index (κ2) is 8.56. The molecule has 134 valence electrons. The van der Waals surface area contributed by atoms with E-state index in [9.17, 15) is 14.3 Å². The van der Waals surface area contributed by atoms with Gasteiger partial charge in [0.05, 0.1) is 12.6 Å². The number of carbonyl (C=O) groups excluding carboxylic acids is 1. The lowest BCUT2D eigenvalue weighted by Crippen LogP contribution is -2.42. The second-order valence-corrected chi connectivity index (χ2v) is 7.42. The van der Waals surface area contributed by atoms with Crippen LogP contribution < -0.4 is 5.32 Å². The number of likely N-dealkylation sites (tertiary alicyclic amines) is 1.